The topological polar surface area (TPSA) is 107 Å². The van der Waals surface area contributed by atoms with Crippen molar-refractivity contribution in [1.82, 2.24) is 0 Å². The van der Waals surface area contributed by atoms with Gasteiger partial charge < -0.3 is 4.74 Å². The molecule has 0 aliphatic carbocycles. The molecule has 104 valence electrons. The lowest BCUT2D eigenvalue weighted by atomic mass is 10.3. The third-order valence-electron chi connectivity index (χ3n) is 2.39. The van der Waals surface area contributed by atoms with Crippen LogP contribution < -0.4 is 4.74 Å². The molecule has 7 nitrogen and oxygen atoms in total. The second kappa shape index (κ2) is 5.27. The summed E-state index contributed by atoms with van der Waals surface area (Å²) in [7, 11) is -4.64. The fourth-order valence-electron chi connectivity index (χ4n) is 1.51. The van der Waals surface area contributed by atoms with Gasteiger partial charge in [-0.15, -0.1) is 0 Å². The van der Waals surface area contributed by atoms with Crippen LogP contribution in [0.25, 0.3) is 0 Å². The van der Waals surface area contributed by atoms with Crippen LogP contribution in [-0.2, 0) is 10.1 Å². The number of ether oxygens (including phenoxy) is 1. The van der Waals surface area contributed by atoms with E-state index >= 15 is 0 Å². The SMILES string of the molecule is O=[N+]([O-])c1ccc(Oc2ccccc2)c(S(=O)(=O)O)c1. The predicted molar refractivity (Wildman–Crippen MR) is 69.4 cm³/mol. The fourth-order valence-corrected chi connectivity index (χ4v) is 2.15. The molecule has 0 radical (unpaired) electrons. The van der Waals surface area contributed by atoms with Crippen molar-refractivity contribution in [1.29, 1.82) is 0 Å². The highest BCUT2D eigenvalue weighted by atomic mass is 32.2. The summed E-state index contributed by atoms with van der Waals surface area (Å²) in [5, 5.41) is 10.6. The number of nitro benzene ring substituents is 1. The van der Waals surface area contributed by atoms with Crippen LogP contribution in [-0.4, -0.2) is 17.9 Å². The average Bonchev–Trinajstić information content (AvgIpc) is 2.39. The lowest BCUT2D eigenvalue weighted by Gasteiger charge is -2.08. The third kappa shape index (κ3) is 3.11. The normalized spacial score (nSPS) is 11.1. The van der Waals surface area contributed by atoms with Gasteiger partial charge >= 0.3 is 0 Å². The first kappa shape index (κ1) is 14.0. The lowest BCUT2D eigenvalue weighted by molar-refractivity contribution is -0.385. The second-order valence-corrected chi connectivity index (χ2v) is 5.17. The first-order chi connectivity index (χ1) is 9.38. The zero-order valence-electron chi connectivity index (χ0n) is 9.96. The van der Waals surface area contributed by atoms with Crippen LogP contribution in [0, 0.1) is 10.1 Å². The van der Waals surface area contributed by atoms with Crippen molar-refractivity contribution in [3.63, 3.8) is 0 Å². The van der Waals surface area contributed by atoms with Crippen molar-refractivity contribution in [2.45, 2.75) is 4.90 Å². The van der Waals surface area contributed by atoms with Gasteiger partial charge in [-0.05, 0) is 18.2 Å². The highest BCUT2D eigenvalue weighted by molar-refractivity contribution is 7.86. The smallest absolute Gasteiger partial charge is 0.298 e. The van der Waals surface area contributed by atoms with E-state index in [4.69, 9.17) is 9.29 Å². The summed E-state index contributed by atoms with van der Waals surface area (Å²) in [5.41, 5.74) is -0.460. The van der Waals surface area contributed by atoms with E-state index in [1.807, 2.05) is 0 Å². The van der Waals surface area contributed by atoms with Crippen LogP contribution in [0.5, 0.6) is 11.5 Å². The molecule has 0 aliphatic heterocycles. The average molecular weight is 295 g/mol. The Bertz CT molecular complexity index is 742. The molecule has 2 aromatic carbocycles. The molecule has 2 aromatic rings. The fraction of sp³-hybridized carbons (Fsp3) is 0. The van der Waals surface area contributed by atoms with Crippen LogP contribution in [0.15, 0.2) is 53.4 Å². The Kier molecular flexibility index (Phi) is 3.68. The highest BCUT2D eigenvalue weighted by Crippen LogP contribution is 2.31. The van der Waals surface area contributed by atoms with E-state index in [-0.39, 0.29) is 5.75 Å². The van der Waals surface area contributed by atoms with Crippen molar-refractivity contribution >= 4 is 15.8 Å². The van der Waals surface area contributed by atoms with Gasteiger partial charge in [0, 0.05) is 12.1 Å². The molecule has 0 spiro atoms. The minimum Gasteiger partial charge on any atom is -0.456 e. The van der Waals surface area contributed by atoms with Crippen LogP contribution in [0.4, 0.5) is 5.69 Å². The molecule has 0 saturated heterocycles. The molecule has 0 aliphatic rings. The molecule has 2 rings (SSSR count). The van der Waals surface area contributed by atoms with Gasteiger partial charge in [-0.2, -0.15) is 8.42 Å². The monoisotopic (exact) mass is 295 g/mol. The van der Waals surface area contributed by atoms with Gasteiger partial charge in [0.2, 0.25) is 0 Å². The van der Waals surface area contributed by atoms with E-state index in [1.165, 1.54) is 0 Å². The van der Waals surface area contributed by atoms with Crippen molar-refractivity contribution in [2.75, 3.05) is 0 Å². The molecule has 0 unspecified atom stereocenters. The predicted octanol–water partition coefficient (Wildman–Crippen LogP) is 2.63. The van der Waals surface area contributed by atoms with Crippen molar-refractivity contribution in [2.24, 2.45) is 0 Å². The van der Waals surface area contributed by atoms with Crippen LogP contribution in [0.2, 0.25) is 0 Å². The summed E-state index contributed by atoms with van der Waals surface area (Å²) in [6.45, 7) is 0. The second-order valence-electron chi connectivity index (χ2n) is 3.78. The van der Waals surface area contributed by atoms with E-state index < -0.39 is 25.6 Å². The standard InChI is InChI=1S/C12H9NO6S/c14-13(15)9-6-7-11(12(8-9)20(16,17)18)19-10-4-2-1-3-5-10/h1-8H,(H,16,17,18). The number of hydrogen-bond donors (Lipinski definition) is 1. The molecule has 0 saturated carbocycles. The maximum absolute atomic E-state index is 11.3. The number of para-hydroxylation sites is 1. The zero-order valence-corrected chi connectivity index (χ0v) is 10.8. The number of hydrogen-bond acceptors (Lipinski definition) is 5. The Morgan fingerprint density at radius 1 is 1.10 bits per heavy atom. The minimum absolute atomic E-state index is 0.190. The summed E-state index contributed by atoms with van der Waals surface area (Å²) in [4.78, 5) is 9.22. The Hall–Kier alpha value is -2.45. The molecule has 20 heavy (non-hydrogen) atoms. The van der Waals surface area contributed by atoms with Gasteiger partial charge in [0.25, 0.3) is 15.8 Å². The molecule has 8 heteroatoms. The van der Waals surface area contributed by atoms with Crippen LogP contribution in [0.3, 0.4) is 0 Å². The van der Waals surface area contributed by atoms with Gasteiger partial charge in [-0.25, -0.2) is 0 Å². The first-order valence-corrected chi connectivity index (χ1v) is 6.81. The Morgan fingerprint density at radius 2 is 1.75 bits per heavy atom. The quantitative estimate of drug-likeness (QED) is 0.528. The number of nitrogens with zero attached hydrogens (tertiary/aromatic N) is 1. The third-order valence-corrected chi connectivity index (χ3v) is 3.26. The minimum atomic E-state index is -4.64. The maximum atomic E-state index is 11.3. The summed E-state index contributed by atoms with van der Waals surface area (Å²) in [6, 6.07) is 11.2. The van der Waals surface area contributed by atoms with Crippen LogP contribution in [0.1, 0.15) is 0 Å². The molecule has 0 aromatic heterocycles. The molecule has 0 fully saturated rings. The van der Waals surface area contributed by atoms with E-state index in [1.54, 1.807) is 30.3 Å². The Morgan fingerprint density at radius 3 is 2.30 bits per heavy atom. The highest BCUT2D eigenvalue weighted by Gasteiger charge is 2.21. The van der Waals surface area contributed by atoms with Crippen molar-refractivity contribution < 1.29 is 22.6 Å². The number of nitro groups is 1. The van der Waals surface area contributed by atoms with Crippen LogP contribution >= 0.6 is 0 Å². The summed E-state index contributed by atoms with van der Waals surface area (Å²) in [5.74, 6) is 0.149. The summed E-state index contributed by atoms with van der Waals surface area (Å²) < 4.78 is 37.0. The zero-order chi connectivity index (χ0) is 14.8. The summed E-state index contributed by atoms with van der Waals surface area (Å²) in [6.07, 6.45) is 0. The molecule has 1 N–H and O–H groups in total. The molecule has 0 amide bonds. The largest absolute Gasteiger partial charge is 0.456 e. The van der Waals surface area contributed by atoms with Gasteiger partial charge in [0.15, 0.2) is 0 Å². The number of non-ortho nitro benzene ring substituents is 1. The lowest BCUT2D eigenvalue weighted by Crippen LogP contribution is -2.02. The van der Waals surface area contributed by atoms with E-state index in [0.717, 1.165) is 18.2 Å². The van der Waals surface area contributed by atoms with E-state index in [2.05, 4.69) is 0 Å². The van der Waals surface area contributed by atoms with Crippen molar-refractivity contribution in [3.05, 3.63) is 58.6 Å². The number of benzene rings is 2. The molecule has 0 bridgehead atoms. The molecular formula is C12H9NO6S. The molecular weight excluding hydrogens is 286 g/mol. The van der Waals surface area contributed by atoms with Gasteiger partial charge in [-0.1, -0.05) is 18.2 Å². The maximum Gasteiger partial charge on any atom is 0.298 e. The van der Waals surface area contributed by atoms with E-state index in [0.29, 0.717) is 5.75 Å². The van der Waals surface area contributed by atoms with E-state index in [9.17, 15) is 18.5 Å². The van der Waals surface area contributed by atoms with Gasteiger partial charge in [0.05, 0.1) is 4.92 Å². The summed E-state index contributed by atoms with van der Waals surface area (Å²) >= 11 is 0. The number of rotatable bonds is 4. The molecule has 0 atom stereocenters. The van der Waals surface area contributed by atoms with Gasteiger partial charge in [-0.3, -0.25) is 14.7 Å². The van der Waals surface area contributed by atoms with Gasteiger partial charge in [0.1, 0.15) is 16.4 Å². The Labute approximate surface area is 114 Å². The first-order valence-electron chi connectivity index (χ1n) is 5.37. The van der Waals surface area contributed by atoms with Crippen molar-refractivity contribution in [3.8, 4) is 11.5 Å². The molecule has 0 heterocycles. The Balaban J connectivity index is 2.50.